The van der Waals surface area contributed by atoms with Crippen LogP contribution in [0, 0.1) is 6.92 Å². The maximum absolute atomic E-state index is 12.9. The summed E-state index contributed by atoms with van der Waals surface area (Å²) in [5, 5.41) is 3.53. The summed E-state index contributed by atoms with van der Waals surface area (Å²) in [6.07, 6.45) is 1.89. The molecule has 3 rings (SSSR count). The molecule has 0 saturated heterocycles. The van der Waals surface area contributed by atoms with Crippen molar-refractivity contribution < 1.29 is 17.9 Å². The number of nitrogens with zero attached hydrogens (tertiary/aromatic N) is 1. The minimum Gasteiger partial charge on any atom is -0.496 e. The van der Waals surface area contributed by atoms with Crippen molar-refractivity contribution in [2.45, 2.75) is 32.9 Å². The summed E-state index contributed by atoms with van der Waals surface area (Å²) in [5.74, 6) is 0.614. The van der Waals surface area contributed by atoms with Crippen LogP contribution in [0.3, 0.4) is 0 Å². The molecule has 0 fully saturated rings. The van der Waals surface area contributed by atoms with E-state index in [0.29, 0.717) is 16.3 Å². The molecule has 3 aromatic rings. The monoisotopic (exact) mass is 500 g/mol. The zero-order chi connectivity index (χ0) is 24.9. The Morgan fingerprint density at radius 3 is 2.35 bits per heavy atom. The van der Waals surface area contributed by atoms with Crippen molar-refractivity contribution in [2.75, 3.05) is 17.7 Å². The SMILES string of the molecule is CC[C@H](NC(=O)c1ccc(CN(c2cccc(Cl)c2)S(C)(=O)=O)cc1)c1ccc(OC)c(C)c1. The molecule has 0 aliphatic rings. The summed E-state index contributed by atoms with van der Waals surface area (Å²) >= 11 is 6.05. The number of aryl methyl sites for hydroxylation is 1. The molecule has 0 heterocycles. The van der Waals surface area contributed by atoms with E-state index in [1.54, 1.807) is 55.6 Å². The first-order chi connectivity index (χ1) is 16.1. The van der Waals surface area contributed by atoms with Gasteiger partial charge in [-0.15, -0.1) is 0 Å². The molecule has 1 atom stereocenters. The topological polar surface area (TPSA) is 75.7 Å². The van der Waals surface area contributed by atoms with Crippen molar-refractivity contribution in [2.24, 2.45) is 0 Å². The molecule has 8 heteroatoms. The van der Waals surface area contributed by atoms with E-state index in [9.17, 15) is 13.2 Å². The van der Waals surface area contributed by atoms with Gasteiger partial charge in [0.25, 0.3) is 5.91 Å². The summed E-state index contributed by atoms with van der Waals surface area (Å²) in [4.78, 5) is 12.9. The fraction of sp³-hybridized carbons (Fsp3) is 0.269. The van der Waals surface area contributed by atoms with Crippen LogP contribution in [0.4, 0.5) is 5.69 Å². The number of hydrogen-bond acceptors (Lipinski definition) is 4. The minimum atomic E-state index is -3.53. The highest BCUT2D eigenvalue weighted by Gasteiger charge is 2.19. The van der Waals surface area contributed by atoms with E-state index in [1.165, 1.54) is 4.31 Å². The van der Waals surface area contributed by atoms with E-state index in [-0.39, 0.29) is 18.5 Å². The van der Waals surface area contributed by atoms with Gasteiger partial charge in [0.05, 0.1) is 31.6 Å². The second-order valence-corrected chi connectivity index (χ2v) is 10.5. The van der Waals surface area contributed by atoms with Crippen molar-refractivity contribution in [3.63, 3.8) is 0 Å². The van der Waals surface area contributed by atoms with Gasteiger partial charge < -0.3 is 10.1 Å². The molecule has 0 aliphatic carbocycles. The third kappa shape index (κ3) is 6.30. The van der Waals surface area contributed by atoms with Gasteiger partial charge >= 0.3 is 0 Å². The number of ether oxygens (including phenoxy) is 1. The Balaban J connectivity index is 1.75. The van der Waals surface area contributed by atoms with E-state index in [2.05, 4.69) is 5.32 Å². The molecule has 0 spiro atoms. The molecular formula is C26H29ClN2O4S. The molecule has 0 aliphatic heterocycles. The number of nitrogens with one attached hydrogen (secondary N) is 1. The third-order valence-corrected chi connectivity index (χ3v) is 6.95. The van der Waals surface area contributed by atoms with E-state index >= 15 is 0 Å². The van der Waals surface area contributed by atoms with Crippen LogP contribution < -0.4 is 14.4 Å². The lowest BCUT2D eigenvalue weighted by Gasteiger charge is -2.23. The summed E-state index contributed by atoms with van der Waals surface area (Å²) in [7, 11) is -1.90. The second kappa shape index (κ2) is 10.9. The number of anilines is 1. The number of amides is 1. The molecule has 1 amide bonds. The first-order valence-electron chi connectivity index (χ1n) is 10.9. The molecule has 0 radical (unpaired) electrons. The lowest BCUT2D eigenvalue weighted by molar-refractivity contribution is 0.0935. The fourth-order valence-corrected chi connectivity index (χ4v) is 4.80. The van der Waals surface area contributed by atoms with Crippen molar-refractivity contribution in [3.05, 3.63) is 94.0 Å². The predicted molar refractivity (Wildman–Crippen MR) is 137 cm³/mol. The first kappa shape index (κ1) is 25.6. The van der Waals surface area contributed by atoms with E-state index in [0.717, 1.165) is 35.1 Å². The van der Waals surface area contributed by atoms with Crippen LogP contribution in [-0.4, -0.2) is 27.7 Å². The number of sulfonamides is 1. The summed E-state index contributed by atoms with van der Waals surface area (Å²) in [6, 6.07) is 19.4. The third-order valence-electron chi connectivity index (χ3n) is 5.57. The Bertz CT molecular complexity index is 1260. The summed E-state index contributed by atoms with van der Waals surface area (Å²) < 4.78 is 31.4. The maximum atomic E-state index is 12.9. The molecule has 3 aromatic carbocycles. The van der Waals surface area contributed by atoms with Crippen LogP contribution >= 0.6 is 11.6 Å². The number of methoxy groups -OCH3 is 1. The Hall–Kier alpha value is -3.03. The molecular weight excluding hydrogens is 472 g/mol. The van der Waals surface area contributed by atoms with Crippen LogP contribution in [0.2, 0.25) is 5.02 Å². The highest BCUT2D eigenvalue weighted by molar-refractivity contribution is 7.92. The van der Waals surface area contributed by atoms with E-state index in [4.69, 9.17) is 16.3 Å². The zero-order valence-electron chi connectivity index (χ0n) is 19.7. The standard InChI is InChI=1S/C26H29ClN2O4S/c1-5-24(21-13-14-25(33-3)18(2)15-21)28-26(30)20-11-9-19(10-12-20)17-29(34(4,31)32)23-8-6-7-22(27)16-23/h6-16,24H,5,17H2,1-4H3,(H,28,30)/t24-/m0/s1. The van der Waals surface area contributed by atoms with Gasteiger partial charge in [-0.1, -0.05) is 48.9 Å². The maximum Gasteiger partial charge on any atom is 0.251 e. The van der Waals surface area contributed by atoms with Crippen LogP contribution in [-0.2, 0) is 16.6 Å². The number of rotatable bonds is 9. The number of hydrogen-bond donors (Lipinski definition) is 1. The number of carbonyl (C=O) groups is 1. The van der Waals surface area contributed by atoms with Crippen LogP contribution in [0.25, 0.3) is 0 Å². The zero-order valence-corrected chi connectivity index (χ0v) is 21.3. The van der Waals surface area contributed by atoms with E-state index in [1.807, 2.05) is 32.0 Å². The lowest BCUT2D eigenvalue weighted by atomic mass is 10.0. The normalized spacial score (nSPS) is 12.1. The van der Waals surface area contributed by atoms with Gasteiger partial charge in [0.15, 0.2) is 0 Å². The summed E-state index contributed by atoms with van der Waals surface area (Å²) in [5.41, 5.74) is 3.75. The average Bonchev–Trinajstić information content (AvgIpc) is 2.80. The Kier molecular flexibility index (Phi) is 8.23. The molecule has 6 nitrogen and oxygen atoms in total. The molecule has 180 valence electrons. The minimum absolute atomic E-state index is 0.129. The smallest absolute Gasteiger partial charge is 0.251 e. The van der Waals surface area contributed by atoms with E-state index < -0.39 is 10.0 Å². The highest BCUT2D eigenvalue weighted by Crippen LogP contribution is 2.26. The predicted octanol–water partition coefficient (Wildman–Crippen LogP) is 5.50. The van der Waals surface area contributed by atoms with Gasteiger partial charge in [-0.2, -0.15) is 0 Å². The number of carbonyl (C=O) groups excluding carboxylic acids is 1. The Morgan fingerprint density at radius 2 is 1.79 bits per heavy atom. The van der Waals surface area contributed by atoms with Crippen molar-refractivity contribution >= 4 is 33.2 Å². The van der Waals surface area contributed by atoms with Gasteiger partial charge in [0.1, 0.15) is 5.75 Å². The summed E-state index contributed by atoms with van der Waals surface area (Å²) in [6.45, 7) is 4.12. The molecule has 1 N–H and O–H groups in total. The highest BCUT2D eigenvalue weighted by atomic mass is 35.5. The van der Waals surface area contributed by atoms with Crippen molar-refractivity contribution in [3.8, 4) is 5.75 Å². The molecule has 34 heavy (non-hydrogen) atoms. The fourth-order valence-electron chi connectivity index (χ4n) is 3.74. The van der Waals surface area contributed by atoms with Crippen LogP contribution in [0.5, 0.6) is 5.75 Å². The largest absolute Gasteiger partial charge is 0.496 e. The van der Waals surface area contributed by atoms with Crippen LogP contribution in [0.1, 0.15) is 46.4 Å². The first-order valence-corrected chi connectivity index (χ1v) is 13.1. The van der Waals surface area contributed by atoms with Gasteiger partial charge in [-0.05, 0) is 66.4 Å². The molecule has 0 aromatic heterocycles. The van der Waals surface area contributed by atoms with Gasteiger partial charge in [-0.3, -0.25) is 9.10 Å². The van der Waals surface area contributed by atoms with Crippen molar-refractivity contribution in [1.82, 2.24) is 5.32 Å². The average molecular weight is 501 g/mol. The van der Waals surface area contributed by atoms with Crippen molar-refractivity contribution in [1.29, 1.82) is 0 Å². The van der Waals surface area contributed by atoms with Gasteiger partial charge in [-0.25, -0.2) is 8.42 Å². The Morgan fingerprint density at radius 1 is 1.09 bits per heavy atom. The number of halogens is 1. The quantitative estimate of drug-likeness (QED) is 0.420. The molecule has 0 unspecified atom stereocenters. The molecule has 0 saturated carbocycles. The second-order valence-electron chi connectivity index (χ2n) is 8.11. The Labute approximate surface area is 206 Å². The molecule has 0 bridgehead atoms. The lowest BCUT2D eigenvalue weighted by Crippen LogP contribution is -2.29. The van der Waals surface area contributed by atoms with Crippen LogP contribution in [0.15, 0.2) is 66.7 Å². The number of benzene rings is 3. The van der Waals surface area contributed by atoms with Gasteiger partial charge in [0, 0.05) is 10.6 Å². The van der Waals surface area contributed by atoms with Gasteiger partial charge in [0.2, 0.25) is 10.0 Å².